The van der Waals surface area contributed by atoms with Gasteiger partial charge in [0.2, 0.25) is 0 Å². The van der Waals surface area contributed by atoms with Crippen molar-refractivity contribution in [2.75, 3.05) is 33.2 Å². The number of aliphatic carboxylic acids is 1. The van der Waals surface area contributed by atoms with Crippen molar-refractivity contribution in [1.82, 2.24) is 9.80 Å². The van der Waals surface area contributed by atoms with Crippen LogP contribution in [-0.4, -0.2) is 60.1 Å². The molecule has 100 valence electrons. The second-order valence-electron chi connectivity index (χ2n) is 5.57. The lowest BCUT2D eigenvalue weighted by Crippen LogP contribution is -2.45. The molecule has 4 nitrogen and oxygen atoms in total. The van der Waals surface area contributed by atoms with Crippen molar-refractivity contribution < 1.29 is 9.90 Å². The van der Waals surface area contributed by atoms with E-state index in [0.29, 0.717) is 18.5 Å². The van der Waals surface area contributed by atoms with Gasteiger partial charge in [-0.15, -0.1) is 0 Å². The fourth-order valence-corrected chi connectivity index (χ4v) is 2.49. The molecule has 0 atom stereocenters. The average Bonchev–Trinajstić information content (AvgIpc) is 2.25. The van der Waals surface area contributed by atoms with Crippen molar-refractivity contribution in [3.8, 4) is 0 Å². The fraction of sp³-hybridized carbons (Fsp3) is 0.923. The molecule has 1 heterocycles. The average molecular weight is 242 g/mol. The molecule has 1 saturated heterocycles. The van der Waals surface area contributed by atoms with Crippen LogP contribution in [0.25, 0.3) is 0 Å². The van der Waals surface area contributed by atoms with E-state index < -0.39 is 5.97 Å². The van der Waals surface area contributed by atoms with Crippen LogP contribution < -0.4 is 0 Å². The third-order valence-electron chi connectivity index (χ3n) is 3.42. The van der Waals surface area contributed by atoms with Crippen LogP contribution in [0.15, 0.2) is 0 Å². The van der Waals surface area contributed by atoms with Crippen molar-refractivity contribution in [1.29, 1.82) is 0 Å². The molecular weight excluding hydrogens is 216 g/mol. The Kier molecular flexibility index (Phi) is 5.92. The SMILES string of the molecule is CC(C)CN(CCC(=O)O)C1CCN(C)CC1. The van der Waals surface area contributed by atoms with E-state index in [2.05, 4.69) is 30.7 Å². The van der Waals surface area contributed by atoms with Gasteiger partial charge in [-0.25, -0.2) is 0 Å². The van der Waals surface area contributed by atoms with E-state index >= 15 is 0 Å². The Balaban J connectivity index is 2.46. The molecule has 0 aromatic carbocycles. The lowest BCUT2D eigenvalue weighted by atomic mass is 10.0. The molecule has 0 aromatic heterocycles. The highest BCUT2D eigenvalue weighted by molar-refractivity contribution is 5.66. The highest BCUT2D eigenvalue weighted by Crippen LogP contribution is 2.17. The maximum absolute atomic E-state index is 10.7. The number of hydrogen-bond donors (Lipinski definition) is 1. The molecule has 1 N–H and O–H groups in total. The minimum Gasteiger partial charge on any atom is -0.481 e. The van der Waals surface area contributed by atoms with Gasteiger partial charge in [0.25, 0.3) is 0 Å². The molecule has 0 spiro atoms. The van der Waals surface area contributed by atoms with E-state index in [1.165, 1.54) is 12.8 Å². The highest BCUT2D eigenvalue weighted by atomic mass is 16.4. The van der Waals surface area contributed by atoms with E-state index in [4.69, 9.17) is 5.11 Å². The van der Waals surface area contributed by atoms with Crippen LogP contribution in [0.4, 0.5) is 0 Å². The first kappa shape index (κ1) is 14.5. The van der Waals surface area contributed by atoms with Crippen LogP contribution in [0.3, 0.4) is 0 Å². The van der Waals surface area contributed by atoms with Gasteiger partial charge in [-0.2, -0.15) is 0 Å². The number of carbonyl (C=O) groups is 1. The molecule has 0 bridgehead atoms. The van der Waals surface area contributed by atoms with Crippen LogP contribution >= 0.6 is 0 Å². The topological polar surface area (TPSA) is 43.8 Å². The van der Waals surface area contributed by atoms with Crippen LogP contribution in [0, 0.1) is 5.92 Å². The first-order valence-electron chi connectivity index (χ1n) is 6.63. The molecule has 1 fully saturated rings. The molecule has 0 radical (unpaired) electrons. The molecule has 1 aliphatic heterocycles. The van der Waals surface area contributed by atoms with Gasteiger partial charge in [-0.05, 0) is 38.9 Å². The maximum atomic E-state index is 10.7. The Morgan fingerprint density at radius 2 is 2.00 bits per heavy atom. The standard InChI is InChI=1S/C13H26N2O2/c1-11(2)10-15(9-6-13(16)17)12-4-7-14(3)8-5-12/h11-12H,4-10H2,1-3H3,(H,16,17). The molecule has 1 aliphatic rings. The fourth-order valence-electron chi connectivity index (χ4n) is 2.49. The van der Waals surface area contributed by atoms with Crippen molar-refractivity contribution >= 4 is 5.97 Å². The van der Waals surface area contributed by atoms with Gasteiger partial charge >= 0.3 is 5.97 Å². The summed E-state index contributed by atoms with van der Waals surface area (Å²) in [6.45, 7) is 8.37. The summed E-state index contributed by atoms with van der Waals surface area (Å²) in [6, 6.07) is 0.577. The zero-order valence-corrected chi connectivity index (χ0v) is 11.4. The Morgan fingerprint density at radius 1 is 1.41 bits per heavy atom. The zero-order chi connectivity index (χ0) is 12.8. The minimum absolute atomic E-state index is 0.263. The number of piperidine rings is 1. The number of carboxylic acids is 1. The molecule has 1 rings (SSSR count). The first-order chi connectivity index (χ1) is 7.99. The second kappa shape index (κ2) is 6.97. The maximum Gasteiger partial charge on any atom is 0.304 e. The lowest BCUT2D eigenvalue weighted by Gasteiger charge is -2.38. The summed E-state index contributed by atoms with van der Waals surface area (Å²) in [6.07, 6.45) is 2.60. The van der Waals surface area contributed by atoms with Gasteiger partial charge in [0.05, 0.1) is 6.42 Å². The van der Waals surface area contributed by atoms with Crippen LogP contribution in [-0.2, 0) is 4.79 Å². The van der Waals surface area contributed by atoms with Gasteiger partial charge in [-0.3, -0.25) is 9.69 Å². The lowest BCUT2D eigenvalue weighted by molar-refractivity contribution is -0.137. The Labute approximate surface area is 105 Å². The zero-order valence-electron chi connectivity index (χ0n) is 11.4. The van der Waals surface area contributed by atoms with Gasteiger partial charge in [-0.1, -0.05) is 13.8 Å². The highest BCUT2D eigenvalue weighted by Gasteiger charge is 2.23. The summed E-state index contributed by atoms with van der Waals surface area (Å²) < 4.78 is 0. The number of likely N-dealkylation sites (tertiary alicyclic amines) is 1. The Hall–Kier alpha value is -0.610. The predicted octanol–water partition coefficient (Wildman–Crippen LogP) is 1.51. The number of nitrogens with zero attached hydrogens (tertiary/aromatic N) is 2. The van der Waals surface area contributed by atoms with Crippen molar-refractivity contribution in [3.63, 3.8) is 0 Å². The normalized spacial score (nSPS) is 19.1. The summed E-state index contributed by atoms with van der Waals surface area (Å²) >= 11 is 0. The van der Waals surface area contributed by atoms with Gasteiger partial charge in [0.15, 0.2) is 0 Å². The molecule has 4 heteroatoms. The van der Waals surface area contributed by atoms with Gasteiger partial charge in [0, 0.05) is 19.1 Å². The first-order valence-corrected chi connectivity index (χ1v) is 6.63. The molecule has 0 unspecified atom stereocenters. The monoisotopic (exact) mass is 242 g/mol. The number of hydrogen-bond acceptors (Lipinski definition) is 3. The Bertz CT molecular complexity index is 236. The van der Waals surface area contributed by atoms with Crippen molar-refractivity contribution in [2.24, 2.45) is 5.92 Å². The minimum atomic E-state index is -0.688. The van der Waals surface area contributed by atoms with Gasteiger partial charge in [0.1, 0.15) is 0 Å². The summed E-state index contributed by atoms with van der Waals surface area (Å²) in [5.41, 5.74) is 0. The van der Waals surface area contributed by atoms with Crippen LogP contribution in [0.5, 0.6) is 0 Å². The molecule has 0 aromatic rings. The Morgan fingerprint density at radius 3 is 2.47 bits per heavy atom. The molecule has 17 heavy (non-hydrogen) atoms. The van der Waals surface area contributed by atoms with E-state index in [-0.39, 0.29) is 6.42 Å². The smallest absolute Gasteiger partial charge is 0.304 e. The molecule has 0 amide bonds. The van der Waals surface area contributed by atoms with Crippen molar-refractivity contribution in [3.05, 3.63) is 0 Å². The van der Waals surface area contributed by atoms with E-state index in [1.54, 1.807) is 0 Å². The summed E-state index contributed by atoms with van der Waals surface area (Å²) in [4.78, 5) is 15.4. The van der Waals surface area contributed by atoms with Crippen molar-refractivity contribution in [2.45, 2.75) is 39.2 Å². The van der Waals surface area contributed by atoms with Crippen LogP contribution in [0.2, 0.25) is 0 Å². The number of carboxylic acid groups (broad SMARTS) is 1. The largest absolute Gasteiger partial charge is 0.481 e. The van der Waals surface area contributed by atoms with Gasteiger partial charge < -0.3 is 10.0 Å². The predicted molar refractivity (Wildman–Crippen MR) is 69.2 cm³/mol. The number of rotatable bonds is 6. The van der Waals surface area contributed by atoms with E-state index in [9.17, 15) is 4.79 Å². The second-order valence-corrected chi connectivity index (χ2v) is 5.57. The third-order valence-corrected chi connectivity index (χ3v) is 3.42. The summed E-state index contributed by atoms with van der Waals surface area (Å²) in [5, 5.41) is 8.80. The molecule has 0 saturated carbocycles. The van der Waals surface area contributed by atoms with E-state index in [1.807, 2.05) is 0 Å². The molecule has 0 aliphatic carbocycles. The quantitative estimate of drug-likeness (QED) is 0.767. The van der Waals surface area contributed by atoms with E-state index in [0.717, 1.165) is 19.6 Å². The van der Waals surface area contributed by atoms with Crippen LogP contribution in [0.1, 0.15) is 33.1 Å². The summed E-state index contributed by atoms with van der Waals surface area (Å²) in [7, 11) is 2.15. The molecular formula is C13H26N2O2. The third kappa shape index (κ3) is 5.50. The summed E-state index contributed by atoms with van der Waals surface area (Å²) in [5.74, 6) is -0.0878.